The first-order chi connectivity index (χ1) is 12.4. The summed E-state index contributed by atoms with van der Waals surface area (Å²) in [6.45, 7) is 0. The van der Waals surface area contributed by atoms with E-state index in [2.05, 4.69) is 34.2 Å². The van der Waals surface area contributed by atoms with Crippen molar-refractivity contribution in [3.05, 3.63) is 85.2 Å². The van der Waals surface area contributed by atoms with E-state index in [0.29, 0.717) is 0 Å². The molecular weight excluding hydrogens is 308 g/mol. The Balaban J connectivity index is 1.85. The molecule has 0 aliphatic heterocycles. The molecule has 5 rings (SSSR count). The van der Waals surface area contributed by atoms with E-state index in [1.165, 1.54) is 0 Å². The first-order valence-corrected chi connectivity index (χ1v) is 8.19. The number of hydrogen-bond acceptors (Lipinski definition) is 3. The molecule has 5 aromatic rings. The fourth-order valence-corrected chi connectivity index (χ4v) is 3.27. The standard InChI is InChI=1S/C22H14N2O/c1-3-13-23-19(11-1)17-9-5-7-15-16-8-6-10-18(22(16)25-21(15)17)20-12-2-4-14-24-20/h1-14H. The van der Waals surface area contributed by atoms with Crippen LogP contribution in [0.2, 0.25) is 0 Å². The van der Waals surface area contributed by atoms with Crippen LogP contribution in [0.3, 0.4) is 0 Å². The largest absolute Gasteiger partial charge is 0.455 e. The molecule has 0 aliphatic rings. The Morgan fingerprint density at radius 1 is 0.520 bits per heavy atom. The van der Waals surface area contributed by atoms with Crippen LogP contribution < -0.4 is 0 Å². The first kappa shape index (κ1) is 13.9. The molecule has 0 unspecified atom stereocenters. The average molecular weight is 322 g/mol. The van der Waals surface area contributed by atoms with Crippen molar-refractivity contribution in [2.24, 2.45) is 0 Å². The minimum atomic E-state index is 0.861. The number of aromatic nitrogens is 2. The molecule has 0 N–H and O–H groups in total. The molecule has 0 atom stereocenters. The van der Waals surface area contributed by atoms with Crippen molar-refractivity contribution in [3.63, 3.8) is 0 Å². The second kappa shape index (κ2) is 5.56. The maximum Gasteiger partial charge on any atom is 0.144 e. The molecule has 0 spiro atoms. The molecule has 0 radical (unpaired) electrons. The molecule has 0 bridgehead atoms. The summed E-state index contributed by atoms with van der Waals surface area (Å²) >= 11 is 0. The summed E-state index contributed by atoms with van der Waals surface area (Å²) < 4.78 is 6.34. The SMILES string of the molecule is c1ccc(-c2cccc3c2oc2c(-c4ccccn4)cccc23)nc1. The minimum absolute atomic E-state index is 0.861. The lowest BCUT2D eigenvalue weighted by atomic mass is 10.0. The van der Waals surface area contributed by atoms with Crippen molar-refractivity contribution in [1.29, 1.82) is 0 Å². The van der Waals surface area contributed by atoms with Crippen LogP contribution in [0.25, 0.3) is 44.5 Å². The Morgan fingerprint density at radius 2 is 1.04 bits per heavy atom. The zero-order valence-corrected chi connectivity index (χ0v) is 13.4. The molecule has 3 heteroatoms. The molecule has 25 heavy (non-hydrogen) atoms. The van der Waals surface area contributed by atoms with Gasteiger partial charge in [-0.2, -0.15) is 0 Å². The van der Waals surface area contributed by atoms with Gasteiger partial charge in [0.2, 0.25) is 0 Å². The summed E-state index contributed by atoms with van der Waals surface area (Å²) in [4.78, 5) is 8.96. The molecule has 0 aliphatic carbocycles. The van der Waals surface area contributed by atoms with Crippen LogP contribution in [-0.2, 0) is 0 Å². The second-order valence-corrected chi connectivity index (χ2v) is 5.90. The van der Waals surface area contributed by atoms with Crippen LogP contribution in [-0.4, -0.2) is 9.97 Å². The molecule has 2 aromatic carbocycles. The summed E-state index contributed by atoms with van der Waals surface area (Å²) in [6.07, 6.45) is 3.60. The van der Waals surface area contributed by atoms with E-state index in [-0.39, 0.29) is 0 Å². The van der Waals surface area contributed by atoms with Crippen LogP contribution in [0.15, 0.2) is 89.6 Å². The number of pyridine rings is 2. The van der Waals surface area contributed by atoms with Gasteiger partial charge < -0.3 is 4.42 Å². The van der Waals surface area contributed by atoms with Gasteiger partial charge in [0.05, 0.1) is 11.4 Å². The van der Waals surface area contributed by atoms with Gasteiger partial charge in [0.15, 0.2) is 0 Å². The number of furan rings is 1. The topological polar surface area (TPSA) is 38.9 Å². The van der Waals surface area contributed by atoms with E-state index < -0.39 is 0 Å². The Hall–Kier alpha value is -3.46. The predicted octanol–water partition coefficient (Wildman–Crippen LogP) is 5.71. The van der Waals surface area contributed by atoms with Gasteiger partial charge in [-0.3, -0.25) is 9.97 Å². The maximum atomic E-state index is 6.34. The number of rotatable bonds is 2. The van der Waals surface area contributed by atoms with E-state index in [4.69, 9.17) is 4.42 Å². The number of nitrogens with zero attached hydrogens (tertiary/aromatic N) is 2. The van der Waals surface area contributed by atoms with Crippen molar-refractivity contribution < 1.29 is 4.42 Å². The lowest BCUT2D eigenvalue weighted by molar-refractivity contribution is 0.670. The summed E-state index contributed by atoms with van der Waals surface area (Å²) in [7, 11) is 0. The van der Waals surface area contributed by atoms with E-state index in [1.54, 1.807) is 12.4 Å². The van der Waals surface area contributed by atoms with Gasteiger partial charge in [0, 0.05) is 34.3 Å². The molecule has 0 saturated carbocycles. The van der Waals surface area contributed by atoms with Crippen LogP contribution >= 0.6 is 0 Å². The highest BCUT2D eigenvalue weighted by atomic mass is 16.3. The monoisotopic (exact) mass is 322 g/mol. The maximum absolute atomic E-state index is 6.34. The Kier molecular flexibility index (Phi) is 3.10. The summed E-state index contributed by atoms with van der Waals surface area (Å²) in [6, 6.07) is 24.2. The lowest BCUT2D eigenvalue weighted by Gasteiger charge is -2.01. The third kappa shape index (κ3) is 2.21. The third-order valence-corrected chi connectivity index (χ3v) is 4.41. The van der Waals surface area contributed by atoms with Crippen LogP contribution in [0.5, 0.6) is 0 Å². The molecule has 0 fully saturated rings. The lowest BCUT2D eigenvalue weighted by Crippen LogP contribution is -1.81. The smallest absolute Gasteiger partial charge is 0.144 e. The Labute approximate surface area is 144 Å². The molecule has 3 nitrogen and oxygen atoms in total. The number of para-hydroxylation sites is 2. The molecule has 3 aromatic heterocycles. The van der Waals surface area contributed by atoms with Crippen molar-refractivity contribution in [2.45, 2.75) is 0 Å². The Morgan fingerprint density at radius 3 is 1.48 bits per heavy atom. The average Bonchev–Trinajstić information content (AvgIpc) is 3.08. The van der Waals surface area contributed by atoms with Gasteiger partial charge in [-0.1, -0.05) is 36.4 Å². The van der Waals surface area contributed by atoms with Gasteiger partial charge >= 0.3 is 0 Å². The number of hydrogen-bond donors (Lipinski definition) is 0. The van der Waals surface area contributed by atoms with Crippen molar-refractivity contribution in [1.82, 2.24) is 9.97 Å². The fraction of sp³-hybridized carbons (Fsp3) is 0. The number of fused-ring (bicyclic) bond motifs is 3. The van der Waals surface area contributed by atoms with Crippen molar-refractivity contribution >= 4 is 21.9 Å². The molecule has 118 valence electrons. The fourth-order valence-electron chi connectivity index (χ4n) is 3.27. The van der Waals surface area contributed by atoms with E-state index in [0.717, 1.165) is 44.5 Å². The van der Waals surface area contributed by atoms with Crippen LogP contribution in [0, 0.1) is 0 Å². The van der Waals surface area contributed by atoms with Gasteiger partial charge in [-0.15, -0.1) is 0 Å². The normalized spacial score (nSPS) is 11.2. The van der Waals surface area contributed by atoms with E-state index in [1.807, 2.05) is 48.5 Å². The van der Waals surface area contributed by atoms with Crippen LogP contribution in [0.4, 0.5) is 0 Å². The minimum Gasteiger partial charge on any atom is -0.455 e. The second-order valence-electron chi connectivity index (χ2n) is 5.90. The number of benzene rings is 2. The molecular formula is C22H14N2O. The molecule has 0 saturated heterocycles. The summed E-state index contributed by atoms with van der Waals surface area (Å²) in [5.74, 6) is 0. The van der Waals surface area contributed by atoms with Crippen molar-refractivity contribution in [3.8, 4) is 22.5 Å². The quantitative estimate of drug-likeness (QED) is 0.418. The van der Waals surface area contributed by atoms with Gasteiger partial charge in [0.1, 0.15) is 11.2 Å². The zero-order chi connectivity index (χ0) is 16.6. The predicted molar refractivity (Wildman–Crippen MR) is 100 cm³/mol. The molecule has 3 heterocycles. The van der Waals surface area contributed by atoms with Crippen molar-refractivity contribution in [2.75, 3.05) is 0 Å². The molecule has 0 amide bonds. The Bertz CT molecular complexity index is 1080. The van der Waals surface area contributed by atoms with Gasteiger partial charge in [0.25, 0.3) is 0 Å². The van der Waals surface area contributed by atoms with E-state index >= 15 is 0 Å². The first-order valence-electron chi connectivity index (χ1n) is 8.19. The third-order valence-electron chi connectivity index (χ3n) is 4.41. The van der Waals surface area contributed by atoms with Gasteiger partial charge in [-0.05, 0) is 36.4 Å². The van der Waals surface area contributed by atoms with Gasteiger partial charge in [-0.25, -0.2) is 0 Å². The highest BCUT2D eigenvalue weighted by Crippen LogP contribution is 2.38. The summed E-state index contributed by atoms with van der Waals surface area (Å²) in [5, 5.41) is 2.19. The van der Waals surface area contributed by atoms with Crippen LogP contribution in [0.1, 0.15) is 0 Å². The van der Waals surface area contributed by atoms with E-state index in [9.17, 15) is 0 Å². The highest BCUT2D eigenvalue weighted by Gasteiger charge is 2.15. The highest BCUT2D eigenvalue weighted by molar-refractivity contribution is 6.12. The zero-order valence-electron chi connectivity index (χ0n) is 13.4. The summed E-state index contributed by atoms with van der Waals surface area (Å²) in [5.41, 5.74) is 5.54.